The fourth-order valence-electron chi connectivity index (χ4n) is 17.6. The number of carboxylic acids is 1. The van der Waals surface area contributed by atoms with Crippen molar-refractivity contribution in [3.05, 3.63) is 169 Å². The Balaban J connectivity index is 0.818. The van der Waals surface area contributed by atoms with Crippen molar-refractivity contribution in [3.8, 4) is 57.1 Å². The minimum absolute atomic E-state index is 0.0427. The van der Waals surface area contributed by atoms with Crippen molar-refractivity contribution in [3.63, 3.8) is 0 Å². The van der Waals surface area contributed by atoms with Gasteiger partial charge in [0.1, 0.15) is 106 Å². The number of primary amides is 1. The minimum atomic E-state index is -2.29. The summed E-state index contributed by atoms with van der Waals surface area (Å²) in [7, 11) is 1.49. The predicted octanol–water partition coefficient (Wildman–Crippen LogP) is 4.29. The molecule has 3 fully saturated rings. The van der Waals surface area contributed by atoms with Crippen LogP contribution in [0.25, 0.3) is 11.1 Å². The summed E-state index contributed by atoms with van der Waals surface area (Å²) in [6, 6.07) is 10.2. The third-order valence-electron chi connectivity index (χ3n) is 24.6. The lowest BCUT2D eigenvalue weighted by molar-refractivity contribution is -0.689. The average Bonchev–Trinajstić information content (AvgIpc) is 0.761. The molecule has 9 aliphatic rings. The quantitative estimate of drug-likeness (QED) is 0.0107. The number of Topliss-reactive ketones (excluding diaryl/α,β-unsaturated/α-hetero) is 4. The van der Waals surface area contributed by atoms with Gasteiger partial charge in [-0.1, -0.05) is 89.4 Å². The maximum Gasteiger partial charge on any atom is 0.352 e. The van der Waals surface area contributed by atoms with Crippen molar-refractivity contribution in [2.75, 3.05) is 45.0 Å². The molecule has 6 amide bonds. The number of anilines is 1. The van der Waals surface area contributed by atoms with E-state index in [1.54, 1.807) is 35.2 Å². The molecule has 736 valence electrons. The summed E-state index contributed by atoms with van der Waals surface area (Å²) in [5.74, 6) is -21.4. The first kappa shape index (κ1) is 102. The Bertz CT molecular complexity index is 5960. The second kappa shape index (κ2) is 43.4. The highest BCUT2D eigenvalue weighted by atomic mass is 35.5. The number of ether oxygens (including phenoxy) is 7. The Morgan fingerprint density at radius 1 is 0.775 bits per heavy atom. The Kier molecular flexibility index (Phi) is 32.2. The summed E-state index contributed by atoms with van der Waals surface area (Å²) < 4.78 is 46.4. The molecule has 138 heavy (non-hydrogen) atoms. The molecule has 5 aromatic carbocycles. The number of nitrogens with zero attached hydrogens (tertiary/aromatic N) is 4. The lowest BCUT2D eigenvalue weighted by Gasteiger charge is -2.49. The van der Waals surface area contributed by atoms with E-state index in [9.17, 15) is 75.0 Å². The molecule has 7 aromatic rings. The van der Waals surface area contributed by atoms with Gasteiger partial charge in [0.05, 0.1) is 64.6 Å². The van der Waals surface area contributed by atoms with E-state index >= 15 is 28.8 Å². The van der Waals surface area contributed by atoms with Gasteiger partial charge in [-0.15, -0.1) is 11.8 Å². The molecule has 0 spiro atoms. The van der Waals surface area contributed by atoms with Crippen LogP contribution in [0, 0.1) is 17.8 Å². The number of nitrogens with two attached hydrogens (primary N) is 3. The molecule has 21 N–H and O–H groups in total. The standard InChI is InChI=1S/C92H101Cl3N12O29S2/c1-38(2)22-53(99-5)85(124)102-71-57(113)26-44(29-65(96)116)83(122)100-68-43-27-62(132-60-15-12-41(75(71)117)24-51(60)93)79(136-90-80(78(120)77(119)64(36-108)134-90)135-66-34-92(4,98)81(121)39(3)131-66)63(28-43)133-61-16-13-42(25-52(61)94)76(118)73-86(125)101-69(49-30-46(109)31-56(112)67(49)48-23-40(11-14-54(48)110)47(32-58(68)114)84(123)103-73)55(111)10-9-19-129-20-21-130-105-70(72-82(95)138-91(97)104-72)59(115)33-50-87(126)107-74(89(127)128)45(37-137-88(50)107)35-106-17-7-6-8-18-106/h6-8,11-18,23-25,27-28,30-31,38-39,44,47,50,53,64,66,68-69,71,73,75-78,80-81,88,90,99,108,117-121H,9-10,19-22,26,29,32-37,98H2,1-5H3,(H11-,96,97,100,101,102,103,104,105,109,110,112,115,116,122,123,124,125,127,128)/p+1/t39-,44-,47?,50+,53+,64+,66-,68+,69-,71?,73-,75+,76+,77+,78-,80+,81+,88+,90-,92-/m0/s1. The number of carboxylic acid groups (broad SMARTS) is 1. The summed E-state index contributed by atoms with van der Waals surface area (Å²) in [4.78, 5) is 174. The monoisotopic (exact) mass is 2010 g/mol. The number of nitrogen functional groups attached to an aromatic ring is 1. The zero-order valence-corrected chi connectivity index (χ0v) is 78.4. The van der Waals surface area contributed by atoms with Crippen LogP contribution in [-0.4, -0.2) is 249 Å². The van der Waals surface area contributed by atoms with Crippen LogP contribution in [0.5, 0.6) is 46.0 Å². The number of aliphatic hydroxyl groups excluding tert-OH is 6. The number of rotatable bonds is 28. The van der Waals surface area contributed by atoms with Crippen LogP contribution >= 0.6 is 57.9 Å². The molecule has 11 bridgehead atoms. The second-order valence-corrected chi connectivity index (χ2v) is 38.6. The van der Waals surface area contributed by atoms with E-state index in [0.717, 1.165) is 76.9 Å². The molecule has 0 saturated carbocycles. The number of hydrogen-bond donors (Lipinski definition) is 18. The van der Waals surface area contributed by atoms with E-state index in [0.29, 0.717) is 5.57 Å². The number of fused-ring (bicyclic) bond motifs is 16. The molecule has 11 heterocycles. The minimum Gasteiger partial charge on any atom is -0.508 e. The van der Waals surface area contributed by atoms with Gasteiger partial charge in [-0.3, -0.25) is 52.8 Å². The summed E-state index contributed by atoms with van der Waals surface area (Å²) in [5.41, 5.74) is 14.4. The number of aromatic nitrogens is 2. The number of oxime groups is 1. The smallest absolute Gasteiger partial charge is 0.352 e. The fraction of sp³-hybridized carbons (Fsp3) is 0.435. The topological polar surface area (TPSA) is 634 Å². The number of likely N-dealkylation sites (N-methyl/N-ethyl adjacent to an activating group) is 1. The van der Waals surface area contributed by atoms with Gasteiger partial charge in [-0.2, -0.15) is 0 Å². The number of thioether (sulfide) groups is 1. The van der Waals surface area contributed by atoms with Crippen LogP contribution in [0.2, 0.25) is 14.4 Å². The van der Waals surface area contributed by atoms with Crippen molar-refractivity contribution in [1.82, 2.24) is 36.5 Å². The Hall–Kier alpha value is -11.6. The molecule has 16 rings (SSSR count). The molecule has 46 heteroatoms. The molecule has 0 aliphatic carbocycles. The van der Waals surface area contributed by atoms with Crippen LogP contribution < -0.4 is 62.6 Å². The number of benzene rings is 5. The van der Waals surface area contributed by atoms with Crippen molar-refractivity contribution in [1.29, 1.82) is 0 Å². The van der Waals surface area contributed by atoms with Crippen LogP contribution in [0.3, 0.4) is 0 Å². The van der Waals surface area contributed by atoms with E-state index < -0.39 is 297 Å². The van der Waals surface area contributed by atoms with Crippen molar-refractivity contribution < 1.29 is 146 Å². The first-order valence-electron chi connectivity index (χ1n) is 43.9. The molecular weight excluding hydrogens is 1910 g/mol. The molecule has 2 unspecified atom stereocenters. The number of aliphatic hydroxyl groups is 6. The number of carbonyl (C=O) groups excluding carboxylic acids is 10. The molecule has 3 saturated heterocycles. The third-order valence-corrected chi connectivity index (χ3v) is 27.7. The summed E-state index contributed by atoms with van der Waals surface area (Å²) in [5, 5.41) is 133. The number of amides is 6. The molecule has 2 aromatic heterocycles. The number of carbonyl (C=O) groups is 11. The first-order valence-corrected chi connectivity index (χ1v) is 46.9. The number of phenolic OH excluding ortho intramolecular Hbond substituents is 3. The fourth-order valence-corrected chi connectivity index (χ4v) is 20.3. The highest BCUT2D eigenvalue weighted by molar-refractivity contribution is 8.00. The van der Waals surface area contributed by atoms with Gasteiger partial charge in [-0.05, 0) is 122 Å². The Labute approximate surface area is 810 Å². The van der Waals surface area contributed by atoms with Gasteiger partial charge in [0.25, 0.3) is 0 Å². The maximum absolute atomic E-state index is 16.5. The lowest BCUT2D eigenvalue weighted by atomic mass is 9.84. The number of thiazole rings is 1. The normalized spacial score (nSPS) is 27.0. The van der Waals surface area contributed by atoms with Crippen molar-refractivity contribution in [2.24, 2.45) is 34.4 Å². The molecule has 0 radical (unpaired) electrons. The van der Waals surface area contributed by atoms with E-state index in [1.807, 2.05) is 13.8 Å². The molecule has 9 aliphatic heterocycles. The van der Waals surface area contributed by atoms with Gasteiger partial charge in [-0.25, -0.2) is 14.3 Å². The van der Waals surface area contributed by atoms with Gasteiger partial charge < -0.3 is 133 Å². The number of β-lactam (4-membered cyclic amide) rings is 1. The number of hydrogen-bond acceptors (Lipinski definition) is 35. The van der Waals surface area contributed by atoms with Gasteiger partial charge in [0.15, 0.2) is 76.8 Å². The lowest BCUT2D eigenvalue weighted by Crippen LogP contribution is -2.64. The molecular formula is C92H102Cl3N12O29S2+. The Morgan fingerprint density at radius 2 is 1.46 bits per heavy atom. The van der Waals surface area contributed by atoms with Crippen molar-refractivity contribution in [2.45, 2.75) is 194 Å². The first-order chi connectivity index (χ1) is 65.6. The highest BCUT2D eigenvalue weighted by Gasteiger charge is 2.56. The number of halogens is 3. The van der Waals surface area contributed by atoms with E-state index in [2.05, 4.69) is 36.7 Å². The van der Waals surface area contributed by atoms with E-state index in [1.165, 1.54) is 50.9 Å². The number of aromatic hydroxyl groups is 3. The average molecular weight is 2010 g/mol. The SMILES string of the molecule is CN[C@H](CC(C)C)C(=O)NC1C(=O)C[C@@H](CC(N)=O)C(=O)N[C@H]2C(=O)CC3C(=O)N[C@H](C(=O)N[C@H](C(=O)CCCOCCO/N=C(\C(=O)C[C@@H]4C(=O)N5C(C(=O)O)=C(C[n+]6ccccc6)CS[C@H]45)c4nc(N)sc4Cl)c4cc(O)cc(O)c4-c4cc3ccc4O)[C@H](O)c3ccc(c(Cl)c3)Oc3cc2cc(c3O[C@@H]2O[C@H](CO)[C@@H](O)[C@H](O)[C@H]2O[C@H]2C[C@](C)(N)[C@H](O)[C@H](C)O2)Oc2ccc(cc2Cl)[C@H]1O. The highest BCUT2D eigenvalue weighted by Crippen LogP contribution is 2.52. The van der Waals surface area contributed by atoms with E-state index in [-0.39, 0.29) is 106 Å². The molecule has 20 atom stereocenters. The molecule has 41 nitrogen and oxygen atoms in total. The van der Waals surface area contributed by atoms with Crippen LogP contribution in [0.1, 0.15) is 143 Å². The third kappa shape index (κ3) is 22.5. The van der Waals surface area contributed by atoms with Crippen LogP contribution in [0.4, 0.5) is 5.13 Å². The van der Waals surface area contributed by atoms with Gasteiger partial charge in [0.2, 0.25) is 47.5 Å². The predicted molar refractivity (Wildman–Crippen MR) is 491 cm³/mol. The zero-order valence-electron chi connectivity index (χ0n) is 74.5. The van der Waals surface area contributed by atoms with E-state index in [4.69, 9.17) is 90.0 Å². The number of pyridine rings is 1. The largest absolute Gasteiger partial charge is 0.508 e. The van der Waals surface area contributed by atoms with Crippen molar-refractivity contribution >= 4 is 133 Å². The number of nitrogens with one attached hydrogen (secondary N) is 5. The van der Waals surface area contributed by atoms with Crippen LogP contribution in [0.15, 0.2) is 126 Å². The number of ketones is 4. The summed E-state index contributed by atoms with van der Waals surface area (Å²) >= 11 is 23.0. The summed E-state index contributed by atoms with van der Waals surface area (Å²) in [6.07, 6.45) is -18.5. The summed E-state index contributed by atoms with van der Waals surface area (Å²) in [6.45, 7) is 4.95. The van der Waals surface area contributed by atoms with Crippen LogP contribution in [-0.2, 0) is 83.1 Å². The Morgan fingerprint density at radius 3 is 2.09 bits per heavy atom. The van der Waals surface area contributed by atoms with Gasteiger partial charge >= 0.3 is 5.97 Å². The zero-order chi connectivity index (χ0) is 99.5. The second-order valence-electron chi connectivity index (χ2n) is 35.0. The van der Waals surface area contributed by atoms with Gasteiger partial charge in [0, 0.05) is 91.3 Å². The number of aliphatic carboxylic acids is 1. The maximum atomic E-state index is 16.5. The number of phenols is 3.